The molecule has 7 heteroatoms. The summed E-state index contributed by atoms with van der Waals surface area (Å²) in [5.74, 6) is -1.07. The molecule has 0 aliphatic heterocycles. The number of alkyl carbamates (subject to hydrolysis) is 1. The standard InChI is InChI=1S/C25H23NO6/c1-31-24(29)22(12-15-10-11-16(27)13-23(15)28)26-25(30)32-14-21-19-8-4-2-6-17(19)18-7-3-5-9-20(18)21/h2-11,13,21-22,27-28H,12,14H2,1H3,(H,26,30)/t22-/m0/s1. The summed E-state index contributed by atoms with van der Waals surface area (Å²) in [5, 5.41) is 22.0. The molecule has 1 aliphatic rings. The van der Waals surface area contributed by atoms with E-state index in [4.69, 9.17) is 9.47 Å². The average molecular weight is 433 g/mol. The minimum absolute atomic E-state index is 0.0248. The van der Waals surface area contributed by atoms with E-state index in [1.807, 2.05) is 48.5 Å². The lowest BCUT2D eigenvalue weighted by molar-refractivity contribution is -0.143. The van der Waals surface area contributed by atoms with Crippen molar-refractivity contribution < 1.29 is 29.3 Å². The van der Waals surface area contributed by atoms with Gasteiger partial charge in [0, 0.05) is 18.4 Å². The molecule has 0 unspecified atom stereocenters. The van der Waals surface area contributed by atoms with Crippen LogP contribution in [-0.4, -0.2) is 42.0 Å². The molecule has 7 nitrogen and oxygen atoms in total. The highest BCUT2D eigenvalue weighted by Gasteiger charge is 2.30. The van der Waals surface area contributed by atoms with E-state index < -0.39 is 18.1 Å². The van der Waals surface area contributed by atoms with E-state index in [0.717, 1.165) is 28.3 Å². The first-order valence-electron chi connectivity index (χ1n) is 10.2. The molecular weight excluding hydrogens is 410 g/mol. The molecule has 0 radical (unpaired) electrons. The smallest absolute Gasteiger partial charge is 0.407 e. The van der Waals surface area contributed by atoms with Crippen LogP contribution in [0.2, 0.25) is 0 Å². The van der Waals surface area contributed by atoms with Gasteiger partial charge < -0.3 is 25.0 Å². The van der Waals surface area contributed by atoms with Crippen LogP contribution in [0.1, 0.15) is 22.6 Å². The van der Waals surface area contributed by atoms with Gasteiger partial charge in [-0.15, -0.1) is 0 Å². The van der Waals surface area contributed by atoms with E-state index in [1.54, 1.807) is 0 Å². The summed E-state index contributed by atoms with van der Waals surface area (Å²) in [6.45, 7) is 0.109. The Morgan fingerprint density at radius 2 is 1.59 bits per heavy atom. The van der Waals surface area contributed by atoms with Gasteiger partial charge in [-0.05, 0) is 33.9 Å². The number of hydrogen-bond acceptors (Lipinski definition) is 6. The topological polar surface area (TPSA) is 105 Å². The van der Waals surface area contributed by atoms with Crippen LogP contribution in [0.15, 0.2) is 66.7 Å². The summed E-state index contributed by atoms with van der Waals surface area (Å²) in [6.07, 6.45) is -0.788. The van der Waals surface area contributed by atoms with Gasteiger partial charge >= 0.3 is 12.1 Å². The molecule has 32 heavy (non-hydrogen) atoms. The summed E-state index contributed by atoms with van der Waals surface area (Å²) in [7, 11) is 1.21. The Balaban J connectivity index is 1.45. The highest BCUT2D eigenvalue weighted by atomic mass is 16.6. The Kier molecular flexibility index (Phi) is 5.98. The molecule has 3 aromatic rings. The molecule has 1 aliphatic carbocycles. The third kappa shape index (κ3) is 4.23. The molecule has 3 aromatic carbocycles. The molecule has 0 fully saturated rings. The third-order valence-corrected chi connectivity index (χ3v) is 5.61. The number of hydrogen-bond donors (Lipinski definition) is 3. The molecule has 1 amide bonds. The normalized spacial score (nSPS) is 13.0. The minimum atomic E-state index is -1.06. The second kappa shape index (κ2) is 9.01. The molecular formula is C25H23NO6. The van der Waals surface area contributed by atoms with Gasteiger partial charge in [-0.1, -0.05) is 54.6 Å². The lowest BCUT2D eigenvalue weighted by Gasteiger charge is -2.19. The second-order valence-corrected chi connectivity index (χ2v) is 7.56. The van der Waals surface area contributed by atoms with Crippen LogP contribution in [-0.2, 0) is 20.7 Å². The van der Waals surface area contributed by atoms with E-state index in [2.05, 4.69) is 5.32 Å². The van der Waals surface area contributed by atoms with E-state index >= 15 is 0 Å². The average Bonchev–Trinajstić information content (AvgIpc) is 3.12. The van der Waals surface area contributed by atoms with Crippen molar-refractivity contribution in [1.29, 1.82) is 0 Å². The fourth-order valence-corrected chi connectivity index (χ4v) is 4.06. The van der Waals surface area contributed by atoms with Crippen LogP contribution in [0.25, 0.3) is 11.1 Å². The highest BCUT2D eigenvalue weighted by Crippen LogP contribution is 2.44. The zero-order chi connectivity index (χ0) is 22.7. The van der Waals surface area contributed by atoms with Crippen molar-refractivity contribution >= 4 is 12.1 Å². The number of rotatable bonds is 6. The van der Waals surface area contributed by atoms with Crippen molar-refractivity contribution in [2.24, 2.45) is 0 Å². The second-order valence-electron chi connectivity index (χ2n) is 7.56. The van der Waals surface area contributed by atoms with Crippen molar-refractivity contribution in [2.75, 3.05) is 13.7 Å². The van der Waals surface area contributed by atoms with Crippen LogP contribution in [0.4, 0.5) is 4.79 Å². The minimum Gasteiger partial charge on any atom is -0.508 e. The van der Waals surface area contributed by atoms with Gasteiger partial charge in [0.05, 0.1) is 7.11 Å². The Bertz CT molecular complexity index is 1110. The molecule has 0 heterocycles. The number of phenolic OH excluding ortho intramolecular Hbond substituents is 2. The zero-order valence-electron chi connectivity index (χ0n) is 17.4. The first-order chi connectivity index (χ1) is 15.5. The van der Waals surface area contributed by atoms with Crippen molar-refractivity contribution in [3.63, 3.8) is 0 Å². The summed E-state index contributed by atoms with van der Waals surface area (Å²) >= 11 is 0. The number of phenols is 2. The Morgan fingerprint density at radius 3 is 2.19 bits per heavy atom. The van der Waals surface area contributed by atoms with Crippen molar-refractivity contribution in [2.45, 2.75) is 18.4 Å². The van der Waals surface area contributed by atoms with Gasteiger partial charge in [0.15, 0.2) is 0 Å². The quantitative estimate of drug-likeness (QED) is 0.512. The molecule has 0 saturated carbocycles. The molecule has 1 atom stereocenters. The van der Waals surface area contributed by atoms with Crippen LogP contribution in [0, 0.1) is 0 Å². The van der Waals surface area contributed by atoms with Crippen LogP contribution < -0.4 is 5.32 Å². The SMILES string of the molecule is COC(=O)[C@H](Cc1ccc(O)cc1O)NC(=O)OCC1c2ccccc2-c2ccccc21. The summed E-state index contributed by atoms with van der Waals surface area (Å²) in [6, 6.07) is 19.0. The molecule has 3 N–H and O–H groups in total. The lowest BCUT2D eigenvalue weighted by Crippen LogP contribution is -2.43. The van der Waals surface area contributed by atoms with E-state index in [0.29, 0.717) is 5.56 Å². The van der Waals surface area contributed by atoms with Gasteiger partial charge in [-0.3, -0.25) is 0 Å². The summed E-state index contributed by atoms with van der Waals surface area (Å²) in [5.41, 5.74) is 4.77. The molecule has 0 saturated heterocycles. The number of methoxy groups -OCH3 is 1. The number of aromatic hydroxyl groups is 2. The maximum absolute atomic E-state index is 12.5. The monoisotopic (exact) mass is 433 g/mol. The van der Waals surface area contributed by atoms with E-state index in [9.17, 15) is 19.8 Å². The van der Waals surface area contributed by atoms with Gasteiger partial charge in [-0.25, -0.2) is 9.59 Å². The predicted octanol–water partition coefficient (Wildman–Crippen LogP) is 3.72. The Hall–Kier alpha value is -4.00. The lowest BCUT2D eigenvalue weighted by atomic mass is 9.98. The van der Waals surface area contributed by atoms with Crippen molar-refractivity contribution in [3.8, 4) is 22.6 Å². The highest BCUT2D eigenvalue weighted by molar-refractivity contribution is 5.82. The third-order valence-electron chi connectivity index (χ3n) is 5.61. The summed E-state index contributed by atoms with van der Waals surface area (Å²) < 4.78 is 10.3. The number of carbonyl (C=O) groups is 2. The largest absolute Gasteiger partial charge is 0.508 e. The number of ether oxygens (including phenoxy) is 2. The van der Waals surface area contributed by atoms with Crippen molar-refractivity contribution in [1.82, 2.24) is 5.32 Å². The van der Waals surface area contributed by atoms with Crippen LogP contribution in [0.3, 0.4) is 0 Å². The maximum atomic E-state index is 12.5. The van der Waals surface area contributed by atoms with E-state index in [1.165, 1.54) is 19.2 Å². The van der Waals surface area contributed by atoms with Crippen LogP contribution >= 0.6 is 0 Å². The Morgan fingerprint density at radius 1 is 0.969 bits per heavy atom. The first kappa shape index (κ1) is 21.2. The fraction of sp³-hybridized carbons (Fsp3) is 0.200. The number of fused-ring (bicyclic) bond motifs is 3. The number of carbonyl (C=O) groups excluding carboxylic acids is 2. The first-order valence-corrected chi connectivity index (χ1v) is 10.2. The number of amides is 1. The fourth-order valence-electron chi connectivity index (χ4n) is 4.06. The van der Waals surface area contributed by atoms with Crippen LogP contribution in [0.5, 0.6) is 11.5 Å². The van der Waals surface area contributed by atoms with E-state index in [-0.39, 0.29) is 30.4 Å². The molecule has 0 spiro atoms. The van der Waals surface area contributed by atoms with Crippen molar-refractivity contribution in [3.05, 3.63) is 83.4 Å². The molecule has 164 valence electrons. The number of benzene rings is 3. The maximum Gasteiger partial charge on any atom is 0.407 e. The van der Waals surface area contributed by atoms with Gasteiger partial charge in [0.1, 0.15) is 24.1 Å². The predicted molar refractivity (Wildman–Crippen MR) is 117 cm³/mol. The Labute approximate surface area is 185 Å². The molecule has 4 rings (SSSR count). The van der Waals surface area contributed by atoms with Gasteiger partial charge in [0.2, 0.25) is 0 Å². The number of esters is 1. The summed E-state index contributed by atoms with van der Waals surface area (Å²) in [4.78, 5) is 24.7. The molecule has 0 bridgehead atoms. The van der Waals surface area contributed by atoms with Gasteiger partial charge in [0.25, 0.3) is 0 Å². The molecule has 0 aromatic heterocycles. The zero-order valence-corrected chi connectivity index (χ0v) is 17.4. The van der Waals surface area contributed by atoms with Gasteiger partial charge in [-0.2, -0.15) is 0 Å². The number of nitrogens with one attached hydrogen (secondary N) is 1.